The summed E-state index contributed by atoms with van der Waals surface area (Å²) in [6.07, 6.45) is 3.08. The lowest BCUT2D eigenvalue weighted by atomic mass is 10.0. The topological polar surface area (TPSA) is 78.5 Å². The summed E-state index contributed by atoms with van der Waals surface area (Å²) < 4.78 is 5.59. The monoisotopic (exact) mass is 407 g/mol. The molecule has 4 aromatic rings. The summed E-state index contributed by atoms with van der Waals surface area (Å²) in [7, 11) is 3.94. The van der Waals surface area contributed by atoms with Crippen LogP contribution < -0.4 is 15.2 Å². The van der Waals surface area contributed by atoms with Crippen LogP contribution in [0.15, 0.2) is 65.7 Å². The quantitative estimate of drug-likeness (QED) is 0.507. The summed E-state index contributed by atoms with van der Waals surface area (Å²) in [6.45, 7) is 0. The van der Waals surface area contributed by atoms with E-state index in [1.54, 1.807) is 24.3 Å². The number of rotatable bonds is 4. The molecule has 0 spiro atoms. The van der Waals surface area contributed by atoms with Crippen molar-refractivity contribution in [2.75, 3.05) is 19.0 Å². The second kappa shape index (κ2) is 7.48. The smallest absolute Gasteiger partial charge is 0.295 e. The van der Waals surface area contributed by atoms with Crippen molar-refractivity contribution in [2.24, 2.45) is 0 Å². The van der Waals surface area contributed by atoms with E-state index in [0.717, 1.165) is 16.8 Å². The van der Waals surface area contributed by atoms with Crippen molar-refractivity contribution in [3.8, 4) is 28.4 Å². The van der Waals surface area contributed by atoms with E-state index in [-0.39, 0.29) is 11.5 Å². The third kappa shape index (κ3) is 3.62. The fourth-order valence-corrected chi connectivity index (χ4v) is 3.33. The number of H-pyrrole nitrogens is 1. The highest BCUT2D eigenvalue weighted by Gasteiger charge is 2.17. The third-order valence-electron chi connectivity index (χ3n) is 4.60. The van der Waals surface area contributed by atoms with Crippen molar-refractivity contribution in [3.63, 3.8) is 0 Å². The lowest BCUT2D eigenvalue weighted by Gasteiger charge is -2.14. The number of aromatic hydroxyl groups is 1. The number of halogens is 1. The molecule has 2 aromatic carbocycles. The number of hydrogen-bond acceptors (Lipinski definition) is 5. The maximum Gasteiger partial charge on any atom is 0.295 e. The molecule has 7 heteroatoms. The van der Waals surface area contributed by atoms with Gasteiger partial charge in [0.25, 0.3) is 5.56 Å². The summed E-state index contributed by atoms with van der Waals surface area (Å²) in [4.78, 5) is 21.1. The van der Waals surface area contributed by atoms with Crippen molar-refractivity contribution in [1.82, 2.24) is 9.97 Å². The standard InChI is InChI=1S/C22H18ClN3O3/c1-26(2)14-5-3-13(4-6-14)16-11-17-19(12-18(16)23)25-22(28)21(20(17)27)29-15-7-9-24-10-8-15/h3-12H,1-2H3,(H2,25,27,28). The van der Waals surface area contributed by atoms with Crippen LogP contribution in [0.5, 0.6) is 17.2 Å². The molecule has 0 unspecified atom stereocenters. The Morgan fingerprint density at radius 3 is 2.41 bits per heavy atom. The number of nitrogens with zero attached hydrogens (tertiary/aromatic N) is 2. The predicted octanol–water partition coefficient (Wildman–Crippen LogP) is 4.81. The number of nitrogens with one attached hydrogen (secondary N) is 1. The van der Waals surface area contributed by atoms with Crippen LogP contribution >= 0.6 is 11.6 Å². The van der Waals surface area contributed by atoms with E-state index in [2.05, 4.69) is 9.97 Å². The van der Waals surface area contributed by atoms with Gasteiger partial charge in [0.05, 0.1) is 10.5 Å². The van der Waals surface area contributed by atoms with E-state index in [1.165, 1.54) is 12.4 Å². The minimum atomic E-state index is -0.550. The van der Waals surface area contributed by atoms with Crippen LogP contribution in [0.4, 0.5) is 5.69 Å². The summed E-state index contributed by atoms with van der Waals surface area (Å²) in [5, 5.41) is 11.7. The van der Waals surface area contributed by atoms with Gasteiger partial charge >= 0.3 is 0 Å². The summed E-state index contributed by atoms with van der Waals surface area (Å²) in [5.41, 5.74) is 2.57. The molecule has 0 amide bonds. The highest BCUT2D eigenvalue weighted by atomic mass is 35.5. The van der Waals surface area contributed by atoms with Gasteiger partial charge in [-0.15, -0.1) is 0 Å². The van der Waals surface area contributed by atoms with Crippen LogP contribution in [0, 0.1) is 0 Å². The molecule has 0 aliphatic carbocycles. The molecule has 0 saturated heterocycles. The number of fused-ring (bicyclic) bond motifs is 1. The fraction of sp³-hybridized carbons (Fsp3) is 0.0909. The Labute approximate surface area is 172 Å². The van der Waals surface area contributed by atoms with E-state index in [4.69, 9.17) is 16.3 Å². The van der Waals surface area contributed by atoms with Gasteiger partial charge in [0.15, 0.2) is 5.75 Å². The molecule has 2 heterocycles. The molecule has 0 atom stereocenters. The number of aromatic nitrogens is 2. The van der Waals surface area contributed by atoms with Gasteiger partial charge in [0, 0.05) is 43.1 Å². The normalized spacial score (nSPS) is 10.9. The van der Waals surface area contributed by atoms with Gasteiger partial charge < -0.3 is 19.7 Å². The number of hydrogen-bond donors (Lipinski definition) is 2. The van der Waals surface area contributed by atoms with Gasteiger partial charge in [-0.1, -0.05) is 23.7 Å². The molecule has 2 aromatic heterocycles. The molecule has 146 valence electrons. The third-order valence-corrected chi connectivity index (χ3v) is 4.91. The summed E-state index contributed by atoms with van der Waals surface area (Å²) >= 11 is 6.46. The number of aromatic amines is 1. The average molecular weight is 408 g/mol. The number of ether oxygens (including phenoxy) is 1. The molecule has 6 nitrogen and oxygen atoms in total. The SMILES string of the molecule is CN(C)c1ccc(-c2cc3c(O)c(Oc4ccncc4)c(=O)[nH]c3cc2Cl)cc1. The first kappa shape index (κ1) is 18.8. The lowest BCUT2D eigenvalue weighted by Crippen LogP contribution is -2.09. The number of pyridine rings is 2. The van der Waals surface area contributed by atoms with Gasteiger partial charge in [0.1, 0.15) is 5.75 Å². The Morgan fingerprint density at radius 2 is 1.76 bits per heavy atom. The minimum Gasteiger partial charge on any atom is -0.504 e. The number of benzene rings is 2. The van der Waals surface area contributed by atoms with Crippen LogP contribution in [0.2, 0.25) is 5.02 Å². The molecule has 0 aliphatic heterocycles. The van der Waals surface area contributed by atoms with Crippen molar-refractivity contribution in [2.45, 2.75) is 0 Å². The zero-order valence-corrected chi connectivity index (χ0v) is 16.6. The predicted molar refractivity (Wildman–Crippen MR) is 115 cm³/mol. The van der Waals surface area contributed by atoms with Crippen LogP contribution in [0.3, 0.4) is 0 Å². The molecule has 0 bridgehead atoms. The Morgan fingerprint density at radius 1 is 1.07 bits per heavy atom. The highest BCUT2D eigenvalue weighted by Crippen LogP contribution is 2.38. The van der Waals surface area contributed by atoms with Gasteiger partial charge in [-0.3, -0.25) is 9.78 Å². The fourth-order valence-electron chi connectivity index (χ4n) is 3.06. The van der Waals surface area contributed by atoms with E-state index in [1.807, 2.05) is 43.3 Å². The Hall–Kier alpha value is -3.51. The first-order valence-corrected chi connectivity index (χ1v) is 9.26. The van der Waals surface area contributed by atoms with E-state index >= 15 is 0 Å². The summed E-state index contributed by atoms with van der Waals surface area (Å²) in [6, 6.07) is 14.5. The molecule has 0 radical (unpaired) electrons. The van der Waals surface area contributed by atoms with E-state index in [9.17, 15) is 9.90 Å². The van der Waals surface area contributed by atoms with Crippen molar-refractivity contribution in [3.05, 3.63) is 76.3 Å². The largest absolute Gasteiger partial charge is 0.504 e. The molecule has 0 saturated carbocycles. The van der Waals surface area contributed by atoms with E-state index in [0.29, 0.717) is 21.7 Å². The highest BCUT2D eigenvalue weighted by molar-refractivity contribution is 6.34. The van der Waals surface area contributed by atoms with Crippen LogP contribution in [-0.2, 0) is 0 Å². The summed E-state index contributed by atoms with van der Waals surface area (Å²) in [5.74, 6) is -0.0306. The van der Waals surface area contributed by atoms with Crippen LogP contribution in [0.1, 0.15) is 0 Å². The molecule has 0 fully saturated rings. The molecule has 4 rings (SSSR count). The van der Waals surface area contributed by atoms with E-state index < -0.39 is 5.56 Å². The van der Waals surface area contributed by atoms with Gasteiger partial charge in [-0.05, 0) is 42.0 Å². The Balaban J connectivity index is 1.84. The Kier molecular flexibility index (Phi) is 4.86. The van der Waals surface area contributed by atoms with Crippen molar-refractivity contribution in [1.29, 1.82) is 0 Å². The van der Waals surface area contributed by atoms with Gasteiger partial charge in [-0.25, -0.2) is 0 Å². The maximum atomic E-state index is 12.4. The second-order valence-electron chi connectivity index (χ2n) is 6.74. The minimum absolute atomic E-state index is 0.181. The maximum absolute atomic E-state index is 12.4. The van der Waals surface area contributed by atoms with Crippen molar-refractivity contribution >= 4 is 28.2 Å². The molecular weight excluding hydrogens is 390 g/mol. The first-order valence-electron chi connectivity index (χ1n) is 8.88. The van der Waals surface area contributed by atoms with Crippen molar-refractivity contribution < 1.29 is 9.84 Å². The zero-order valence-electron chi connectivity index (χ0n) is 15.8. The zero-order chi connectivity index (χ0) is 20.5. The average Bonchev–Trinajstić information content (AvgIpc) is 2.71. The van der Waals surface area contributed by atoms with Crippen LogP contribution in [-0.4, -0.2) is 29.2 Å². The first-order chi connectivity index (χ1) is 13.9. The molecule has 2 N–H and O–H groups in total. The second-order valence-corrected chi connectivity index (χ2v) is 7.14. The molecule has 0 aliphatic rings. The van der Waals surface area contributed by atoms with Gasteiger partial charge in [-0.2, -0.15) is 0 Å². The van der Waals surface area contributed by atoms with Gasteiger partial charge in [0.2, 0.25) is 5.75 Å². The Bertz CT molecular complexity index is 1240. The number of anilines is 1. The van der Waals surface area contributed by atoms with Crippen LogP contribution in [0.25, 0.3) is 22.0 Å². The lowest BCUT2D eigenvalue weighted by molar-refractivity contribution is 0.410. The molecular formula is C22H18ClN3O3. The molecule has 29 heavy (non-hydrogen) atoms.